The molecule has 0 aliphatic carbocycles. The van der Waals surface area contributed by atoms with Gasteiger partial charge in [-0.2, -0.15) is 0 Å². The van der Waals surface area contributed by atoms with E-state index in [2.05, 4.69) is 68.8 Å². The summed E-state index contributed by atoms with van der Waals surface area (Å²) >= 11 is 0. The van der Waals surface area contributed by atoms with E-state index in [1.165, 1.54) is 5.56 Å². The third kappa shape index (κ3) is 3.51. The first-order valence-electron chi connectivity index (χ1n) is 7.30. The van der Waals surface area contributed by atoms with E-state index in [1.54, 1.807) is 0 Å². The van der Waals surface area contributed by atoms with E-state index in [0.29, 0.717) is 5.82 Å². The second kappa shape index (κ2) is 5.72. The lowest BCUT2D eigenvalue weighted by Crippen LogP contribution is -2.22. The Balaban J connectivity index is 2.50. The van der Waals surface area contributed by atoms with Gasteiger partial charge in [-0.1, -0.05) is 32.9 Å². The number of hydrogen-bond donors (Lipinski definition) is 1. The molecule has 0 spiro atoms. The summed E-state index contributed by atoms with van der Waals surface area (Å²) in [4.78, 5) is 11.2. The van der Waals surface area contributed by atoms with E-state index in [4.69, 9.17) is 10.7 Å². The summed E-state index contributed by atoms with van der Waals surface area (Å²) in [6, 6.07) is 10.2. The van der Waals surface area contributed by atoms with Gasteiger partial charge in [0.05, 0.1) is 0 Å². The highest BCUT2D eigenvalue weighted by Crippen LogP contribution is 2.28. The number of nitrogens with zero attached hydrogens (tertiary/aromatic N) is 3. The summed E-state index contributed by atoms with van der Waals surface area (Å²) in [7, 11) is 0. The maximum Gasteiger partial charge on any atom is 0.138 e. The van der Waals surface area contributed by atoms with Crippen LogP contribution in [0.4, 0.5) is 17.3 Å². The van der Waals surface area contributed by atoms with Gasteiger partial charge in [0.1, 0.15) is 17.5 Å². The summed E-state index contributed by atoms with van der Waals surface area (Å²) in [6.07, 6.45) is 0. The number of aromatic nitrogens is 2. The average Bonchev–Trinajstić information content (AvgIpc) is 2.38. The van der Waals surface area contributed by atoms with Crippen molar-refractivity contribution in [2.75, 3.05) is 17.2 Å². The normalized spacial score (nSPS) is 11.5. The van der Waals surface area contributed by atoms with Crippen molar-refractivity contribution in [1.29, 1.82) is 0 Å². The molecule has 4 heteroatoms. The number of nitrogen functional groups attached to an aromatic ring is 1. The molecule has 0 bridgehead atoms. The van der Waals surface area contributed by atoms with Gasteiger partial charge in [0.25, 0.3) is 0 Å². The lowest BCUT2D eigenvalue weighted by molar-refractivity contribution is 0.546. The van der Waals surface area contributed by atoms with Gasteiger partial charge in [-0.3, -0.25) is 0 Å². The molecule has 2 aromatic rings. The van der Waals surface area contributed by atoms with E-state index in [1.807, 2.05) is 6.07 Å². The van der Waals surface area contributed by atoms with Crippen LogP contribution in [0, 0.1) is 6.92 Å². The lowest BCUT2D eigenvalue weighted by atomic mass is 9.96. The number of nitrogens with two attached hydrogens (primary N) is 1. The molecule has 112 valence electrons. The van der Waals surface area contributed by atoms with Crippen LogP contribution in [0.25, 0.3) is 0 Å². The van der Waals surface area contributed by atoms with Crippen LogP contribution in [0.3, 0.4) is 0 Å². The number of benzene rings is 1. The molecule has 0 atom stereocenters. The van der Waals surface area contributed by atoms with Gasteiger partial charge in [-0.25, -0.2) is 9.97 Å². The Morgan fingerprint density at radius 3 is 2.43 bits per heavy atom. The molecule has 0 radical (unpaired) electrons. The van der Waals surface area contributed by atoms with E-state index >= 15 is 0 Å². The Morgan fingerprint density at radius 2 is 1.86 bits per heavy atom. The molecular formula is C17H24N4. The summed E-state index contributed by atoms with van der Waals surface area (Å²) < 4.78 is 0. The topological polar surface area (TPSA) is 55.0 Å². The van der Waals surface area contributed by atoms with E-state index < -0.39 is 0 Å². The zero-order valence-electron chi connectivity index (χ0n) is 13.5. The van der Waals surface area contributed by atoms with Crippen molar-refractivity contribution in [2.24, 2.45) is 0 Å². The minimum atomic E-state index is -0.129. The van der Waals surface area contributed by atoms with Crippen LogP contribution in [-0.2, 0) is 5.41 Å². The van der Waals surface area contributed by atoms with Crippen molar-refractivity contribution < 1.29 is 0 Å². The van der Waals surface area contributed by atoms with Crippen molar-refractivity contribution >= 4 is 17.3 Å². The fourth-order valence-corrected chi connectivity index (χ4v) is 2.20. The molecule has 0 saturated carbocycles. The maximum atomic E-state index is 5.98. The smallest absolute Gasteiger partial charge is 0.138 e. The highest BCUT2D eigenvalue weighted by Gasteiger charge is 2.20. The maximum absolute atomic E-state index is 5.98. The van der Waals surface area contributed by atoms with Crippen LogP contribution in [0.5, 0.6) is 0 Å². The largest absolute Gasteiger partial charge is 0.384 e. The third-order valence-electron chi connectivity index (χ3n) is 3.31. The number of rotatable bonds is 3. The van der Waals surface area contributed by atoms with Crippen LogP contribution in [0.1, 0.15) is 39.1 Å². The van der Waals surface area contributed by atoms with E-state index in [-0.39, 0.29) is 5.41 Å². The molecule has 0 unspecified atom stereocenters. The van der Waals surface area contributed by atoms with Gasteiger partial charge < -0.3 is 10.6 Å². The summed E-state index contributed by atoms with van der Waals surface area (Å²) in [5.74, 6) is 2.13. The first-order chi connectivity index (χ1) is 9.81. The van der Waals surface area contributed by atoms with Crippen LogP contribution in [0.15, 0.2) is 30.3 Å². The molecule has 2 rings (SSSR count). The van der Waals surface area contributed by atoms with Crippen LogP contribution in [0.2, 0.25) is 0 Å². The first kappa shape index (κ1) is 15.3. The van der Waals surface area contributed by atoms with Crippen molar-refractivity contribution in [1.82, 2.24) is 9.97 Å². The molecule has 0 amide bonds. The van der Waals surface area contributed by atoms with Gasteiger partial charge in [0.2, 0.25) is 0 Å². The molecular weight excluding hydrogens is 260 g/mol. The van der Waals surface area contributed by atoms with Crippen molar-refractivity contribution in [3.8, 4) is 0 Å². The molecule has 1 aromatic heterocycles. The zero-order chi connectivity index (χ0) is 15.6. The Morgan fingerprint density at radius 1 is 1.14 bits per heavy atom. The van der Waals surface area contributed by atoms with Crippen LogP contribution >= 0.6 is 0 Å². The van der Waals surface area contributed by atoms with Gasteiger partial charge in [0.15, 0.2) is 0 Å². The van der Waals surface area contributed by atoms with Crippen molar-refractivity contribution in [3.05, 3.63) is 41.7 Å². The minimum Gasteiger partial charge on any atom is -0.384 e. The SMILES string of the molecule is CCN(c1cccc(C)c1)c1cc(N)nc(C(C)(C)C)n1. The van der Waals surface area contributed by atoms with Gasteiger partial charge in [-0.05, 0) is 31.5 Å². The highest BCUT2D eigenvalue weighted by molar-refractivity contribution is 5.62. The highest BCUT2D eigenvalue weighted by atomic mass is 15.2. The summed E-state index contributed by atoms with van der Waals surface area (Å²) in [5.41, 5.74) is 8.20. The van der Waals surface area contributed by atoms with Gasteiger partial charge >= 0.3 is 0 Å². The summed E-state index contributed by atoms with van der Waals surface area (Å²) in [6.45, 7) is 11.3. The molecule has 0 saturated heterocycles. The van der Waals surface area contributed by atoms with Crippen LogP contribution in [-0.4, -0.2) is 16.5 Å². The predicted octanol–water partition coefficient (Wildman–Crippen LogP) is 3.82. The molecule has 0 aliphatic rings. The fraction of sp³-hybridized carbons (Fsp3) is 0.412. The first-order valence-corrected chi connectivity index (χ1v) is 7.30. The van der Waals surface area contributed by atoms with Gasteiger partial charge in [0, 0.05) is 23.7 Å². The second-order valence-corrected chi connectivity index (χ2v) is 6.31. The Bertz CT molecular complexity index is 629. The Kier molecular flexibility index (Phi) is 4.16. The molecule has 1 aromatic carbocycles. The van der Waals surface area contributed by atoms with Gasteiger partial charge in [-0.15, -0.1) is 0 Å². The molecule has 0 fully saturated rings. The third-order valence-corrected chi connectivity index (χ3v) is 3.31. The summed E-state index contributed by atoms with van der Waals surface area (Å²) in [5, 5.41) is 0. The fourth-order valence-electron chi connectivity index (χ4n) is 2.20. The Hall–Kier alpha value is -2.10. The van der Waals surface area contributed by atoms with E-state index in [0.717, 1.165) is 23.9 Å². The molecule has 1 heterocycles. The predicted molar refractivity (Wildman–Crippen MR) is 89.0 cm³/mol. The molecule has 2 N–H and O–H groups in total. The van der Waals surface area contributed by atoms with Crippen LogP contribution < -0.4 is 10.6 Å². The molecule has 4 nitrogen and oxygen atoms in total. The average molecular weight is 284 g/mol. The Labute approximate surface area is 127 Å². The number of aryl methyl sites for hydroxylation is 1. The standard InChI is InChI=1S/C17H24N4/c1-6-21(13-9-7-8-12(2)10-13)15-11-14(18)19-16(20-15)17(3,4)5/h7-11H,6H2,1-5H3,(H2,18,19,20). The molecule has 0 aliphatic heterocycles. The quantitative estimate of drug-likeness (QED) is 0.931. The molecule has 21 heavy (non-hydrogen) atoms. The zero-order valence-corrected chi connectivity index (χ0v) is 13.5. The van der Waals surface area contributed by atoms with Crippen molar-refractivity contribution in [2.45, 2.75) is 40.0 Å². The second-order valence-electron chi connectivity index (χ2n) is 6.31. The lowest BCUT2D eigenvalue weighted by Gasteiger charge is -2.25. The minimum absolute atomic E-state index is 0.129. The number of anilines is 3. The number of hydrogen-bond acceptors (Lipinski definition) is 4. The van der Waals surface area contributed by atoms with Crippen molar-refractivity contribution in [3.63, 3.8) is 0 Å². The monoisotopic (exact) mass is 284 g/mol. The van der Waals surface area contributed by atoms with E-state index in [9.17, 15) is 0 Å².